The Bertz CT molecular complexity index is 643. The molecular weight excluding hydrogens is 336 g/mol. The molecule has 2 aromatic rings. The summed E-state index contributed by atoms with van der Waals surface area (Å²) in [4.78, 5) is 0. The summed E-state index contributed by atoms with van der Waals surface area (Å²) < 4.78 is 19.3. The summed E-state index contributed by atoms with van der Waals surface area (Å²) in [5.41, 5.74) is 6.77. The monoisotopic (exact) mass is 347 g/mol. The van der Waals surface area contributed by atoms with Crippen LogP contribution in [0.25, 0.3) is 0 Å². The van der Waals surface area contributed by atoms with Crippen LogP contribution in [0.3, 0.4) is 0 Å². The fraction of sp³-hybridized carbons (Fsp3) is 0.200. The van der Waals surface area contributed by atoms with E-state index in [2.05, 4.69) is 0 Å². The molecule has 2 aromatic carbocycles. The molecule has 2 rings (SSSR count). The van der Waals surface area contributed by atoms with Crippen LogP contribution in [0.2, 0.25) is 15.1 Å². The second-order valence-corrected chi connectivity index (χ2v) is 5.57. The Labute approximate surface area is 137 Å². The minimum absolute atomic E-state index is 0.182. The van der Waals surface area contributed by atoms with Gasteiger partial charge < -0.3 is 10.5 Å². The maximum Gasteiger partial charge on any atom is 0.139 e. The lowest BCUT2D eigenvalue weighted by Crippen LogP contribution is -2.15. The van der Waals surface area contributed by atoms with Crippen LogP contribution in [0.5, 0.6) is 5.75 Å². The van der Waals surface area contributed by atoms with Gasteiger partial charge in [-0.05, 0) is 30.7 Å². The molecule has 0 heterocycles. The number of halogens is 4. The molecule has 0 aliphatic rings. The second-order valence-electron chi connectivity index (χ2n) is 4.35. The largest absolute Gasteiger partial charge is 0.492 e. The molecule has 0 bridgehead atoms. The van der Waals surface area contributed by atoms with Crippen molar-refractivity contribution in [1.29, 1.82) is 0 Å². The standard InChI is InChI=1S/C15H13Cl3FNO/c1-2-21-13-7-10(17)8(6-11(13)18)15(20)14-9(16)4-3-5-12(14)19/h3-7,15H,2,20H2,1H3. The predicted octanol–water partition coefficient (Wildman–Crippen LogP) is 5.23. The van der Waals surface area contributed by atoms with E-state index in [1.165, 1.54) is 12.1 Å². The van der Waals surface area contributed by atoms with E-state index in [1.54, 1.807) is 18.2 Å². The normalized spacial score (nSPS) is 12.3. The van der Waals surface area contributed by atoms with Gasteiger partial charge in [-0.1, -0.05) is 40.9 Å². The minimum atomic E-state index is -0.820. The second kappa shape index (κ2) is 6.84. The zero-order valence-corrected chi connectivity index (χ0v) is 13.4. The highest BCUT2D eigenvalue weighted by molar-refractivity contribution is 6.35. The molecule has 1 atom stereocenters. The van der Waals surface area contributed by atoms with Crippen LogP contribution in [0.1, 0.15) is 24.1 Å². The van der Waals surface area contributed by atoms with E-state index < -0.39 is 11.9 Å². The topological polar surface area (TPSA) is 35.2 Å². The molecule has 0 amide bonds. The zero-order chi connectivity index (χ0) is 15.6. The summed E-state index contributed by atoms with van der Waals surface area (Å²) in [6.45, 7) is 2.30. The van der Waals surface area contributed by atoms with E-state index in [0.717, 1.165) is 0 Å². The first-order chi connectivity index (χ1) is 9.95. The number of hydrogen-bond acceptors (Lipinski definition) is 2. The molecule has 0 spiro atoms. The molecule has 6 heteroatoms. The molecule has 1 unspecified atom stereocenters. The molecule has 21 heavy (non-hydrogen) atoms. The lowest BCUT2D eigenvalue weighted by Gasteiger charge is -2.18. The fourth-order valence-corrected chi connectivity index (χ4v) is 2.79. The van der Waals surface area contributed by atoms with E-state index in [4.69, 9.17) is 45.3 Å². The Kier molecular flexibility index (Phi) is 5.33. The van der Waals surface area contributed by atoms with E-state index in [-0.39, 0.29) is 10.6 Å². The van der Waals surface area contributed by atoms with Crippen LogP contribution in [0.4, 0.5) is 4.39 Å². The Balaban J connectivity index is 2.49. The number of ether oxygens (including phenoxy) is 1. The van der Waals surface area contributed by atoms with Gasteiger partial charge in [0.15, 0.2) is 0 Å². The molecule has 2 N–H and O–H groups in total. The molecule has 0 radical (unpaired) electrons. The van der Waals surface area contributed by atoms with Crippen molar-refractivity contribution in [3.8, 4) is 5.75 Å². The van der Waals surface area contributed by atoms with Gasteiger partial charge in [0.05, 0.1) is 17.7 Å². The maximum absolute atomic E-state index is 14.0. The first kappa shape index (κ1) is 16.4. The maximum atomic E-state index is 14.0. The first-order valence-corrected chi connectivity index (χ1v) is 7.40. The van der Waals surface area contributed by atoms with Crippen LogP contribution >= 0.6 is 34.8 Å². The number of hydrogen-bond donors (Lipinski definition) is 1. The third-order valence-electron chi connectivity index (χ3n) is 3.00. The number of nitrogens with two attached hydrogens (primary N) is 1. The van der Waals surface area contributed by atoms with Gasteiger partial charge >= 0.3 is 0 Å². The summed E-state index contributed by atoms with van der Waals surface area (Å²) in [5, 5.41) is 0.942. The van der Waals surface area contributed by atoms with Gasteiger partial charge in [-0.15, -0.1) is 0 Å². The summed E-state index contributed by atoms with van der Waals surface area (Å²) in [6, 6.07) is 6.70. The third-order valence-corrected chi connectivity index (χ3v) is 3.95. The van der Waals surface area contributed by atoms with Crippen LogP contribution < -0.4 is 10.5 Å². The molecule has 112 valence electrons. The summed E-state index contributed by atoms with van der Waals surface area (Å²) in [5.74, 6) is -0.0316. The van der Waals surface area contributed by atoms with Crippen LogP contribution in [0.15, 0.2) is 30.3 Å². The number of benzene rings is 2. The van der Waals surface area contributed by atoms with Crippen LogP contribution in [0, 0.1) is 5.82 Å². The van der Waals surface area contributed by atoms with Gasteiger partial charge in [0, 0.05) is 21.7 Å². The molecule has 0 saturated heterocycles. The zero-order valence-electron chi connectivity index (χ0n) is 11.2. The van der Waals surface area contributed by atoms with Gasteiger partial charge in [-0.2, -0.15) is 0 Å². The summed E-state index contributed by atoms with van der Waals surface area (Å²) >= 11 is 18.4. The number of rotatable bonds is 4. The lowest BCUT2D eigenvalue weighted by atomic mass is 9.98. The van der Waals surface area contributed by atoms with Crippen LogP contribution in [-0.4, -0.2) is 6.61 Å². The van der Waals surface area contributed by atoms with Crippen LogP contribution in [-0.2, 0) is 0 Å². The molecule has 2 nitrogen and oxygen atoms in total. The van der Waals surface area contributed by atoms with Gasteiger partial charge in [0.1, 0.15) is 11.6 Å². The summed E-state index contributed by atoms with van der Waals surface area (Å²) in [6.07, 6.45) is 0. The van der Waals surface area contributed by atoms with Crippen molar-refractivity contribution in [2.45, 2.75) is 13.0 Å². The average molecular weight is 349 g/mol. The van der Waals surface area contributed by atoms with Gasteiger partial charge in [-0.3, -0.25) is 0 Å². The Morgan fingerprint density at radius 3 is 2.48 bits per heavy atom. The van der Waals surface area contributed by atoms with E-state index in [1.807, 2.05) is 6.92 Å². The third kappa shape index (κ3) is 3.43. The van der Waals surface area contributed by atoms with Crippen molar-refractivity contribution in [3.05, 3.63) is 62.3 Å². The average Bonchev–Trinajstić information content (AvgIpc) is 2.42. The smallest absolute Gasteiger partial charge is 0.139 e. The molecule has 0 aromatic heterocycles. The Hall–Kier alpha value is -1.000. The predicted molar refractivity (Wildman–Crippen MR) is 85.1 cm³/mol. The molecule has 0 aliphatic heterocycles. The van der Waals surface area contributed by atoms with E-state index in [9.17, 15) is 4.39 Å². The Morgan fingerprint density at radius 1 is 1.14 bits per heavy atom. The van der Waals surface area contributed by atoms with E-state index >= 15 is 0 Å². The summed E-state index contributed by atoms with van der Waals surface area (Å²) in [7, 11) is 0. The van der Waals surface area contributed by atoms with Crippen molar-refractivity contribution in [2.24, 2.45) is 5.73 Å². The van der Waals surface area contributed by atoms with Gasteiger partial charge in [0.25, 0.3) is 0 Å². The minimum Gasteiger partial charge on any atom is -0.492 e. The molecule has 0 saturated carbocycles. The lowest BCUT2D eigenvalue weighted by molar-refractivity contribution is 0.340. The SMILES string of the molecule is CCOc1cc(Cl)c(C(N)c2c(F)cccc2Cl)cc1Cl. The van der Waals surface area contributed by atoms with Crippen molar-refractivity contribution >= 4 is 34.8 Å². The van der Waals surface area contributed by atoms with Crippen molar-refractivity contribution in [1.82, 2.24) is 0 Å². The van der Waals surface area contributed by atoms with Gasteiger partial charge in [0.2, 0.25) is 0 Å². The van der Waals surface area contributed by atoms with Crippen molar-refractivity contribution in [2.75, 3.05) is 6.61 Å². The first-order valence-electron chi connectivity index (χ1n) is 6.27. The van der Waals surface area contributed by atoms with E-state index in [0.29, 0.717) is 28.0 Å². The molecule has 0 aliphatic carbocycles. The molecule has 0 fully saturated rings. The quantitative estimate of drug-likeness (QED) is 0.821. The highest BCUT2D eigenvalue weighted by Crippen LogP contribution is 2.37. The highest BCUT2D eigenvalue weighted by atomic mass is 35.5. The van der Waals surface area contributed by atoms with Crippen molar-refractivity contribution < 1.29 is 9.13 Å². The molecular formula is C15H13Cl3FNO. The van der Waals surface area contributed by atoms with Gasteiger partial charge in [-0.25, -0.2) is 4.39 Å². The van der Waals surface area contributed by atoms with Crippen molar-refractivity contribution in [3.63, 3.8) is 0 Å². The fourth-order valence-electron chi connectivity index (χ4n) is 2.01. The Morgan fingerprint density at radius 2 is 1.86 bits per heavy atom. The highest BCUT2D eigenvalue weighted by Gasteiger charge is 2.21.